The van der Waals surface area contributed by atoms with Gasteiger partial charge < -0.3 is 15.4 Å². The molecule has 3 aromatic carbocycles. The van der Waals surface area contributed by atoms with E-state index in [1.54, 1.807) is 18.2 Å². The van der Waals surface area contributed by atoms with Gasteiger partial charge in [-0.05, 0) is 48.9 Å². The standard InChI is InChI=1S/C26H22BrN3O3/c1-18-7-10-23(11-8-18)30-25(31)17-33-24-12-9-22(27)14-20(24)13-21(15-28)26(32)29-16-19-5-3-2-4-6-19/h2-14H,16-17H2,1H3,(H,29,32)(H,30,31)/b21-13+. The summed E-state index contributed by atoms with van der Waals surface area (Å²) in [6, 6.07) is 23.9. The monoisotopic (exact) mass is 503 g/mol. The molecular formula is C26H22BrN3O3. The average molecular weight is 504 g/mol. The number of nitrogens with one attached hydrogen (secondary N) is 2. The van der Waals surface area contributed by atoms with E-state index in [1.807, 2.05) is 67.6 Å². The number of rotatable bonds is 8. The Hall–Kier alpha value is -3.89. The van der Waals surface area contributed by atoms with E-state index in [2.05, 4.69) is 26.6 Å². The molecule has 3 rings (SSSR count). The van der Waals surface area contributed by atoms with Gasteiger partial charge in [-0.1, -0.05) is 64.0 Å². The van der Waals surface area contributed by atoms with Gasteiger partial charge in [0.2, 0.25) is 0 Å². The van der Waals surface area contributed by atoms with E-state index in [0.29, 0.717) is 23.5 Å². The summed E-state index contributed by atoms with van der Waals surface area (Å²) in [4.78, 5) is 24.8. The van der Waals surface area contributed by atoms with Crippen LogP contribution in [0.3, 0.4) is 0 Å². The van der Waals surface area contributed by atoms with Crippen LogP contribution in [0.15, 0.2) is 82.8 Å². The van der Waals surface area contributed by atoms with Crippen LogP contribution in [0.1, 0.15) is 16.7 Å². The molecule has 3 aromatic rings. The lowest BCUT2D eigenvalue weighted by molar-refractivity contribution is -0.118. The molecule has 0 aliphatic carbocycles. The highest BCUT2D eigenvalue weighted by Gasteiger charge is 2.12. The lowest BCUT2D eigenvalue weighted by Crippen LogP contribution is -2.24. The first kappa shape index (κ1) is 23.8. The third-order valence-corrected chi connectivity index (χ3v) is 5.12. The fourth-order valence-corrected chi connectivity index (χ4v) is 3.30. The quantitative estimate of drug-likeness (QED) is 0.334. The molecule has 0 aliphatic heterocycles. The first-order chi connectivity index (χ1) is 15.9. The minimum absolute atomic E-state index is 0.0713. The van der Waals surface area contributed by atoms with Crippen molar-refractivity contribution in [1.29, 1.82) is 5.26 Å². The van der Waals surface area contributed by atoms with Crippen LogP contribution in [-0.2, 0) is 16.1 Å². The average Bonchev–Trinajstić information content (AvgIpc) is 2.82. The van der Waals surface area contributed by atoms with E-state index in [-0.39, 0.29) is 18.1 Å². The van der Waals surface area contributed by atoms with Crippen LogP contribution in [0.4, 0.5) is 5.69 Å². The Kier molecular flexibility index (Phi) is 8.39. The van der Waals surface area contributed by atoms with Crippen LogP contribution in [0, 0.1) is 18.3 Å². The van der Waals surface area contributed by atoms with Crippen molar-refractivity contribution in [3.8, 4) is 11.8 Å². The van der Waals surface area contributed by atoms with Gasteiger partial charge in [-0.2, -0.15) is 5.26 Å². The van der Waals surface area contributed by atoms with E-state index in [4.69, 9.17) is 4.74 Å². The highest BCUT2D eigenvalue weighted by Crippen LogP contribution is 2.26. The molecule has 33 heavy (non-hydrogen) atoms. The zero-order valence-electron chi connectivity index (χ0n) is 18.0. The summed E-state index contributed by atoms with van der Waals surface area (Å²) >= 11 is 3.39. The summed E-state index contributed by atoms with van der Waals surface area (Å²) in [7, 11) is 0. The van der Waals surface area contributed by atoms with Crippen molar-refractivity contribution in [2.45, 2.75) is 13.5 Å². The lowest BCUT2D eigenvalue weighted by atomic mass is 10.1. The number of nitriles is 1. The third-order valence-electron chi connectivity index (χ3n) is 4.63. The van der Waals surface area contributed by atoms with Crippen LogP contribution in [0.5, 0.6) is 5.75 Å². The highest BCUT2D eigenvalue weighted by molar-refractivity contribution is 9.10. The molecule has 0 spiro atoms. The topological polar surface area (TPSA) is 91.2 Å². The molecule has 0 heterocycles. The number of hydrogen-bond acceptors (Lipinski definition) is 4. The number of halogens is 1. The summed E-state index contributed by atoms with van der Waals surface area (Å²) in [6.45, 7) is 2.05. The number of anilines is 1. The zero-order chi connectivity index (χ0) is 23.6. The maximum atomic E-state index is 12.5. The molecule has 0 saturated carbocycles. The highest BCUT2D eigenvalue weighted by atomic mass is 79.9. The molecule has 6 nitrogen and oxygen atoms in total. The SMILES string of the molecule is Cc1ccc(NC(=O)COc2ccc(Br)cc2/C=C(\C#N)C(=O)NCc2ccccc2)cc1. The molecule has 0 unspecified atom stereocenters. The second kappa shape index (κ2) is 11.7. The van der Waals surface area contributed by atoms with Crippen molar-refractivity contribution in [2.24, 2.45) is 0 Å². The van der Waals surface area contributed by atoms with Gasteiger partial charge in [0.05, 0.1) is 0 Å². The Balaban J connectivity index is 1.68. The summed E-state index contributed by atoms with van der Waals surface area (Å²) in [6.07, 6.45) is 1.44. The molecular weight excluding hydrogens is 482 g/mol. The van der Waals surface area contributed by atoms with Gasteiger partial charge in [-0.25, -0.2) is 0 Å². The Morgan fingerprint density at radius 3 is 2.48 bits per heavy atom. The summed E-state index contributed by atoms with van der Waals surface area (Å²) in [5.41, 5.74) is 3.12. The Labute approximate surface area is 201 Å². The van der Waals surface area contributed by atoms with Gasteiger partial charge in [0.1, 0.15) is 17.4 Å². The minimum Gasteiger partial charge on any atom is -0.483 e. The first-order valence-corrected chi connectivity index (χ1v) is 11.0. The molecule has 0 fully saturated rings. The van der Waals surface area contributed by atoms with Gasteiger partial charge in [-0.3, -0.25) is 9.59 Å². The molecule has 7 heteroatoms. The number of nitrogens with zero attached hydrogens (tertiary/aromatic N) is 1. The lowest BCUT2D eigenvalue weighted by Gasteiger charge is -2.11. The van der Waals surface area contributed by atoms with Crippen molar-refractivity contribution < 1.29 is 14.3 Å². The molecule has 0 saturated heterocycles. The van der Waals surface area contributed by atoms with Crippen molar-refractivity contribution in [2.75, 3.05) is 11.9 Å². The number of hydrogen-bond donors (Lipinski definition) is 2. The fraction of sp³-hybridized carbons (Fsp3) is 0.115. The molecule has 0 bridgehead atoms. The van der Waals surface area contributed by atoms with Crippen molar-refractivity contribution in [1.82, 2.24) is 5.32 Å². The Morgan fingerprint density at radius 1 is 1.06 bits per heavy atom. The van der Waals surface area contributed by atoms with Gasteiger partial charge in [0.25, 0.3) is 11.8 Å². The van der Waals surface area contributed by atoms with Gasteiger partial charge >= 0.3 is 0 Å². The Morgan fingerprint density at radius 2 is 1.79 bits per heavy atom. The molecule has 0 atom stereocenters. The number of carbonyl (C=O) groups excluding carboxylic acids is 2. The maximum absolute atomic E-state index is 12.5. The van der Waals surface area contributed by atoms with E-state index in [1.165, 1.54) is 6.08 Å². The van der Waals surface area contributed by atoms with Crippen molar-refractivity contribution in [3.63, 3.8) is 0 Å². The van der Waals surface area contributed by atoms with E-state index < -0.39 is 5.91 Å². The van der Waals surface area contributed by atoms with Crippen LogP contribution in [0.2, 0.25) is 0 Å². The molecule has 0 aromatic heterocycles. The number of amides is 2. The number of aryl methyl sites for hydroxylation is 1. The fourth-order valence-electron chi connectivity index (χ4n) is 2.92. The molecule has 2 amide bonds. The van der Waals surface area contributed by atoms with Crippen molar-refractivity contribution >= 4 is 39.5 Å². The van der Waals surface area contributed by atoms with Gasteiger partial charge in [0, 0.05) is 22.3 Å². The summed E-state index contributed by atoms with van der Waals surface area (Å²) in [5, 5.41) is 15.0. The van der Waals surface area contributed by atoms with Crippen molar-refractivity contribution in [3.05, 3.63) is 99.5 Å². The van der Waals surface area contributed by atoms with Gasteiger partial charge in [-0.15, -0.1) is 0 Å². The molecule has 0 radical (unpaired) electrons. The maximum Gasteiger partial charge on any atom is 0.262 e. The normalized spacial score (nSPS) is 10.8. The first-order valence-electron chi connectivity index (χ1n) is 10.2. The summed E-state index contributed by atoms with van der Waals surface area (Å²) in [5.74, 6) is -0.442. The molecule has 166 valence electrons. The Bertz CT molecular complexity index is 1200. The third kappa shape index (κ3) is 7.34. The predicted molar refractivity (Wildman–Crippen MR) is 131 cm³/mol. The van der Waals surface area contributed by atoms with Crippen LogP contribution >= 0.6 is 15.9 Å². The smallest absolute Gasteiger partial charge is 0.262 e. The zero-order valence-corrected chi connectivity index (χ0v) is 19.6. The second-order valence-electron chi connectivity index (χ2n) is 7.22. The second-order valence-corrected chi connectivity index (χ2v) is 8.14. The van der Waals surface area contributed by atoms with Crippen LogP contribution in [0.25, 0.3) is 6.08 Å². The summed E-state index contributed by atoms with van der Waals surface area (Å²) < 4.78 is 6.43. The van der Waals surface area contributed by atoms with Crippen LogP contribution in [-0.4, -0.2) is 18.4 Å². The predicted octanol–water partition coefficient (Wildman–Crippen LogP) is 5.00. The van der Waals surface area contributed by atoms with Crippen LogP contribution < -0.4 is 15.4 Å². The van der Waals surface area contributed by atoms with E-state index in [0.717, 1.165) is 15.6 Å². The number of ether oxygens (including phenoxy) is 1. The molecule has 0 aliphatic rings. The van der Waals surface area contributed by atoms with Gasteiger partial charge in [0.15, 0.2) is 6.61 Å². The number of carbonyl (C=O) groups is 2. The number of benzene rings is 3. The van der Waals surface area contributed by atoms with E-state index in [9.17, 15) is 14.9 Å². The molecule has 2 N–H and O–H groups in total. The largest absolute Gasteiger partial charge is 0.483 e. The minimum atomic E-state index is -0.496. The van der Waals surface area contributed by atoms with E-state index >= 15 is 0 Å².